The van der Waals surface area contributed by atoms with Crippen molar-refractivity contribution in [2.75, 3.05) is 26.9 Å². The van der Waals surface area contributed by atoms with Gasteiger partial charge >= 0.3 is 11.6 Å². The van der Waals surface area contributed by atoms with Gasteiger partial charge in [0.25, 0.3) is 5.91 Å². The van der Waals surface area contributed by atoms with Crippen LogP contribution in [0.2, 0.25) is 0 Å². The smallest absolute Gasteiger partial charge is 0.349 e. The van der Waals surface area contributed by atoms with E-state index in [0.717, 1.165) is 5.56 Å². The first-order valence-electron chi connectivity index (χ1n) is 12.1. The molecule has 4 aromatic rings. The van der Waals surface area contributed by atoms with Gasteiger partial charge in [-0.15, -0.1) is 0 Å². The van der Waals surface area contributed by atoms with Crippen molar-refractivity contribution in [1.82, 2.24) is 5.32 Å². The van der Waals surface area contributed by atoms with E-state index in [-0.39, 0.29) is 35.5 Å². The predicted molar refractivity (Wildman–Crippen MR) is 143 cm³/mol. The average molecular weight is 516 g/mol. The first-order valence-corrected chi connectivity index (χ1v) is 12.1. The summed E-state index contributed by atoms with van der Waals surface area (Å²) in [6.45, 7) is 4.59. The number of hydrogen-bond donors (Lipinski definition) is 1. The van der Waals surface area contributed by atoms with Crippen LogP contribution in [0.1, 0.15) is 35.3 Å². The maximum absolute atomic E-state index is 12.4. The molecule has 1 heterocycles. The van der Waals surface area contributed by atoms with Crippen molar-refractivity contribution < 1.29 is 28.2 Å². The summed E-state index contributed by atoms with van der Waals surface area (Å²) in [4.78, 5) is 36.9. The lowest BCUT2D eigenvalue weighted by Gasteiger charge is -2.26. The van der Waals surface area contributed by atoms with Gasteiger partial charge in [-0.1, -0.05) is 56.3 Å². The van der Waals surface area contributed by atoms with E-state index in [0.29, 0.717) is 17.7 Å². The van der Waals surface area contributed by atoms with Crippen LogP contribution in [0.3, 0.4) is 0 Å². The second kappa shape index (κ2) is 11.7. The van der Waals surface area contributed by atoms with Gasteiger partial charge in [-0.2, -0.15) is 0 Å². The molecule has 0 fully saturated rings. The number of rotatable bonds is 10. The van der Waals surface area contributed by atoms with Gasteiger partial charge in [0.1, 0.15) is 22.6 Å². The first kappa shape index (κ1) is 26.6. The van der Waals surface area contributed by atoms with Gasteiger partial charge in [0.15, 0.2) is 6.61 Å². The van der Waals surface area contributed by atoms with E-state index in [4.69, 9.17) is 18.6 Å². The molecule has 0 spiro atoms. The molecule has 0 saturated carbocycles. The highest BCUT2D eigenvalue weighted by Gasteiger charge is 2.22. The van der Waals surface area contributed by atoms with Gasteiger partial charge in [-0.25, -0.2) is 9.59 Å². The number of methoxy groups -OCH3 is 1. The molecular formula is C30H29NO7. The van der Waals surface area contributed by atoms with Gasteiger partial charge in [0.2, 0.25) is 0 Å². The van der Waals surface area contributed by atoms with E-state index < -0.39 is 17.5 Å². The van der Waals surface area contributed by atoms with E-state index in [1.807, 2.05) is 42.5 Å². The largest absolute Gasteiger partial charge is 0.482 e. The number of carbonyl (C=O) groups is 2. The third-order valence-corrected chi connectivity index (χ3v) is 6.20. The minimum atomic E-state index is -0.793. The minimum Gasteiger partial charge on any atom is -0.482 e. The van der Waals surface area contributed by atoms with E-state index in [9.17, 15) is 14.4 Å². The van der Waals surface area contributed by atoms with Crippen LogP contribution in [0.4, 0.5) is 0 Å². The standard InChI is InChI=1S/C30H29NO7/c1-30(2,21-7-5-4-6-8-21)22-10-13-23(14-11-22)36-19-27(32)37-24-12-9-20-17-25(28(33)31-15-16-35-3)29(34)38-26(20)18-24/h4-14,17-18H,15-16,19H2,1-3H3,(H,31,33). The van der Waals surface area contributed by atoms with Crippen LogP contribution in [-0.2, 0) is 14.9 Å². The number of nitrogens with one attached hydrogen (secondary N) is 1. The van der Waals surface area contributed by atoms with E-state index in [1.54, 1.807) is 12.1 Å². The molecule has 1 aromatic heterocycles. The molecule has 0 atom stereocenters. The van der Waals surface area contributed by atoms with Crippen molar-refractivity contribution >= 4 is 22.8 Å². The summed E-state index contributed by atoms with van der Waals surface area (Å²) in [5.74, 6) is -0.446. The Morgan fingerprint density at radius 3 is 2.29 bits per heavy atom. The van der Waals surface area contributed by atoms with Gasteiger partial charge < -0.3 is 23.9 Å². The molecule has 196 valence electrons. The van der Waals surface area contributed by atoms with E-state index >= 15 is 0 Å². The van der Waals surface area contributed by atoms with Crippen molar-refractivity contribution in [3.05, 3.63) is 106 Å². The van der Waals surface area contributed by atoms with Gasteiger partial charge in [0.05, 0.1) is 6.61 Å². The zero-order chi connectivity index (χ0) is 27.1. The zero-order valence-electron chi connectivity index (χ0n) is 21.5. The summed E-state index contributed by atoms with van der Waals surface area (Å²) in [5.41, 5.74) is 1.41. The van der Waals surface area contributed by atoms with Crippen molar-refractivity contribution in [1.29, 1.82) is 0 Å². The molecule has 0 radical (unpaired) electrons. The Hall–Kier alpha value is -4.43. The third kappa shape index (κ3) is 6.27. The molecular weight excluding hydrogens is 486 g/mol. The fraction of sp³-hybridized carbons (Fsp3) is 0.233. The molecule has 0 unspecified atom stereocenters. The molecule has 8 heteroatoms. The highest BCUT2D eigenvalue weighted by molar-refractivity contribution is 5.96. The summed E-state index contributed by atoms with van der Waals surface area (Å²) in [5, 5.41) is 3.09. The summed E-state index contributed by atoms with van der Waals surface area (Å²) >= 11 is 0. The topological polar surface area (TPSA) is 104 Å². The van der Waals surface area contributed by atoms with Crippen LogP contribution in [-0.4, -0.2) is 38.7 Å². The second-order valence-corrected chi connectivity index (χ2v) is 9.17. The SMILES string of the molecule is COCCNC(=O)c1cc2ccc(OC(=O)COc3ccc(C(C)(C)c4ccccc4)cc3)cc2oc1=O. The van der Waals surface area contributed by atoms with Crippen LogP contribution >= 0.6 is 0 Å². The highest BCUT2D eigenvalue weighted by atomic mass is 16.6. The molecule has 3 aromatic carbocycles. The summed E-state index contributed by atoms with van der Waals surface area (Å²) in [6.07, 6.45) is 0. The second-order valence-electron chi connectivity index (χ2n) is 9.17. The molecule has 0 bridgehead atoms. The molecule has 1 amide bonds. The van der Waals surface area contributed by atoms with Crippen molar-refractivity contribution in [2.45, 2.75) is 19.3 Å². The summed E-state index contributed by atoms with van der Waals surface area (Å²) in [7, 11) is 1.51. The molecule has 0 aliphatic carbocycles. The maximum Gasteiger partial charge on any atom is 0.349 e. The lowest BCUT2D eigenvalue weighted by molar-refractivity contribution is -0.136. The molecule has 8 nitrogen and oxygen atoms in total. The number of esters is 1. The lowest BCUT2D eigenvalue weighted by atomic mass is 9.78. The molecule has 4 rings (SSSR count). The number of carbonyl (C=O) groups excluding carboxylic acids is 2. The first-order chi connectivity index (χ1) is 18.3. The number of fused-ring (bicyclic) bond motifs is 1. The Kier molecular flexibility index (Phi) is 8.23. The quantitative estimate of drug-likeness (QED) is 0.144. The number of ether oxygens (including phenoxy) is 3. The fourth-order valence-corrected chi connectivity index (χ4v) is 3.97. The minimum absolute atomic E-state index is 0.120. The van der Waals surface area contributed by atoms with Crippen LogP contribution in [0.15, 0.2) is 88.1 Å². The number of hydrogen-bond acceptors (Lipinski definition) is 7. The van der Waals surface area contributed by atoms with Gasteiger partial charge in [-0.05, 0) is 41.5 Å². The number of benzene rings is 3. The lowest BCUT2D eigenvalue weighted by Crippen LogP contribution is -2.30. The molecule has 0 aliphatic heterocycles. The summed E-state index contributed by atoms with van der Waals surface area (Å²) < 4.78 is 21.1. The Morgan fingerprint density at radius 2 is 1.58 bits per heavy atom. The van der Waals surface area contributed by atoms with Crippen molar-refractivity contribution in [3.63, 3.8) is 0 Å². The van der Waals surface area contributed by atoms with Gasteiger partial charge in [-0.3, -0.25) is 4.79 Å². The van der Waals surface area contributed by atoms with E-state index in [1.165, 1.54) is 24.8 Å². The Labute approximate surface area is 220 Å². The van der Waals surface area contributed by atoms with Crippen LogP contribution in [0, 0.1) is 0 Å². The molecule has 38 heavy (non-hydrogen) atoms. The van der Waals surface area contributed by atoms with E-state index in [2.05, 4.69) is 31.3 Å². The van der Waals surface area contributed by atoms with Crippen molar-refractivity contribution in [2.24, 2.45) is 0 Å². The van der Waals surface area contributed by atoms with Crippen LogP contribution < -0.4 is 20.4 Å². The normalized spacial score (nSPS) is 11.2. The third-order valence-electron chi connectivity index (χ3n) is 6.20. The zero-order valence-corrected chi connectivity index (χ0v) is 21.5. The summed E-state index contributed by atoms with van der Waals surface area (Å²) in [6, 6.07) is 23.8. The Bertz CT molecular complexity index is 1470. The fourth-order valence-electron chi connectivity index (χ4n) is 3.97. The van der Waals surface area contributed by atoms with Crippen LogP contribution in [0.25, 0.3) is 11.0 Å². The van der Waals surface area contributed by atoms with Gasteiger partial charge in [0, 0.05) is 30.5 Å². The molecule has 0 saturated heterocycles. The average Bonchev–Trinajstić information content (AvgIpc) is 2.92. The van der Waals surface area contributed by atoms with Crippen LogP contribution in [0.5, 0.6) is 11.5 Å². The molecule has 0 aliphatic rings. The number of amides is 1. The molecule has 1 N–H and O–H groups in total. The highest BCUT2D eigenvalue weighted by Crippen LogP contribution is 2.32. The van der Waals surface area contributed by atoms with Crippen molar-refractivity contribution in [3.8, 4) is 11.5 Å². The monoisotopic (exact) mass is 515 g/mol. The Balaban J connectivity index is 1.36. The predicted octanol–water partition coefficient (Wildman–Crippen LogP) is 4.48. The maximum atomic E-state index is 12.4. The Morgan fingerprint density at radius 1 is 0.895 bits per heavy atom.